The number of nitrogens with zero attached hydrogens (tertiary/aromatic N) is 3. The van der Waals surface area contributed by atoms with Crippen molar-refractivity contribution >= 4 is 29.2 Å². The molecular weight excluding hydrogens is 376 g/mol. The number of aromatic nitrogens is 1. The maximum atomic E-state index is 11.1. The number of aromatic carboxylic acids is 1. The van der Waals surface area contributed by atoms with Crippen molar-refractivity contribution in [3.63, 3.8) is 0 Å². The lowest BCUT2D eigenvalue weighted by atomic mass is 9.97. The molecule has 7 nitrogen and oxygen atoms in total. The van der Waals surface area contributed by atoms with E-state index < -0.39 is 5.97 Å². The maximum absolute atomic E-state index is 11.1. The zero-order valence-electron chi connectivity index (χ0n) is 15.0. The summed E-state index contributed by atoms with van der Waals surface area (Å²) in [6.45, 7) is 8.05. The Morgan fingerprint density at radius 3 is 2.96 bits per heavy atom. The summed E-state index contributed by atoms with van der Waals surface area (Å²) < 4.78 is 5.81. The molecule has 2 aromatic rings. The second kappa shape index (κ2) is 8.75. The van der Waals surface area contributed by atoms with Crippen LogP contribution in [0.2, 0.25) is 0 Å². The Balaban J connectivity index is 1.96. The molecule has 8 heteroatoms. The van der Waals surface area contributed by atoms with Crippen LogP contribution >= 0.6 is 11.8 Å². The number of rotatable bonds is 5. The molecule has 3 N–H and O–H groups in total. The molecule has 3 rings (SSSR count). The molecule has 1 aliphatic heterocycles. The van der Waals surface area contributed by atoms with Crippen LogP contribution in [0.15, 0.2) is 29.3 Å². The zero-order chi connectivity index (χ0) is 20.1. The normalized spacial score (nSPS) is 16.1. The highest BCUT2D eigenvalue weighted by molar-refractivity contribution is 7.98. The summed E-state index contributed by atoms with van der Waals surface area (Å²) in [7, 11) is 0. The fourth-order valence-corrected chi connectivity index (χ4v) is 4.09. The average molecular weight is 394 g/mol. The number of carboxylic acid groups (broad SMARTS) is 1. The van der Waals surface area contributed by atoms with Gasteiger partial charge in [-0.25, -0.2) is 14.6 Å². The van der Waals surface area contributed by atoms with Gasteiger partial charge in [-0.1, -0.05) is 12.1 Å². The van der Waals surface area contributed by atoms with E-state index >= 15 is 0 Å². The van der Waals surface area contributed by atoms with Gasteiger partial charge in [0.15, 0.2) is 0 Å². The number of nitrogen functional groups attached to an aromatic ring is 1. The van der Waals surface area contributed by atoms with Gasteiger partial charge in [-0.3, -0.25) is 0 Å². The molecule has 0 spiro atoms. The van der Waals surface area contributed by atoms with Crippen LogP contribution in [0.3, 0.4) is 0 Å². The van der Waals surface area contributed by atoms with Gasteiger partial charge in [-0.15, -0.1) is 11.8 Å². The van der Waals surface area contributed by atoms with Gasteiger partial charge in [0, 0.05) is 17.9 Å². The van der Waals surface area contributed by atoms with Gasteiger partial charge >= 0.3 is 5.97 Å². The first-order valence-electron chi connectivity index (χ1n) is 8.72. The quantitative estimate of drug-likeness (QED) is 0.573. The number of hydrogen-bond donors (Lipinski definition) is 2. The van der Waals surface area contributed by atoms with Crippen molar-refractivity contribution in [1.82, 2.24) is 4.98 Å². The number of benzene rings is 1. The summed E-state index contributed by atoms with van der Waals surface area (Å²) in [6.07, 6.45) is 2.30. The third-order valence-corrected chi connectivity index (χ3v) is 5.52. The Hall–Kier alpha value is -3.07. The van der Waals surface area contributed by atoms with Crippen LogP contribution in [0.1, 0.15) is 52.4 Å². The van der Waals surface area contributed by atoms with Crippen LogP contribution in [0.4, 0.5) is 11.5 Å². The van der Waals surface area contributed by atoms with Crippen molar-refractivity contribution in [2.75, 3.05) is 12.3 Å². The van der Waals surface area contributed by atoms with Crippen LogP contribution in [-0.2, 0) is 10.5 Å². The highest BCUT2D eigenvalue weighted by Gasteiger charge is 2.27. The van der Waals surface area contributed by atoms with Gasteiger partial charge in [-0.05, 0) is 37.0 Å². The Labute approximate surface area is 167 Å². The Morgan fingerprint density at radius 1 is 1.50 bits per heavy atom. The highest BCUT2D eigenvalue weighted by Crippen LogP contribution is 2.42. The van der Waals surface area contributed by atoms with Crippen molar-refractivity contribution in [1.29, 1.82) is 5.26 Å². The second-order valence-electron chi connectivity index (χ2n) is 6.31. The van der Waals surface area contributed by atoms with Crippen molar-refractivity contribution in [3.8, 4) is 6.07 Å². The van der Waals surface area contributed by atoms with Crippen LogP contribution in [0, 0.1) is 17.9 Å². The van der Waals surface area contributed by atoms with Crippen LogP contribution in [0.5, 0.6) is 0 Å². The molecule has 0 saturated carbocycles. The topological polar surface area (TPSA) is 114 Å². The van der Waals surface area contributed by atoms with Crippen LogP contribution in [0.25, 0.3) is 4.85 Å². The summed E-state index contributed by atoms with van der Waals surface area (Å²) in [5, 5.41) is 19.3. The number of hydrogen-bond acceptors (Lipinski definition) is 6. The predicted octanol–water partition coefficient (Wildman–Crippen LogP) is 4.32. The largest absolute Gasteiger partial charge is 0.478 e. The minimum absolute atomic E-state index is 0.0833. The van der Waals surface area contributed by atoms with Crippen molar-refractivity contribution in [2.45, 2.75) is 36.1 Å². The number of pyridine rings is 1. The maximum Gasteiger partial charge on any atom is 0.335 e. The zero-order valence-corrected chi connectivity index (χ0v) is 15.8. The van der Waals surface area contributed by atoms with E-state index in [0.29, 0.717) is 28.5 Å². The molecule has 1 fully saturated rings. The number of ether oxygens (including phenoxy) is 1. The number of carboxylic acids is 1. The molecule has 1 aliphatic rings. The molecular formula is C20H18N4O3S. The lowest BCUT2D eigenvalue weighted by Gasteiger charge is -2.25. The van der Waals surface area contributed by atoms with E-state index in [-0.39, 0.29) is 23.2 Å². The SMILES string of the molecule is [C-]#[N+]c1c(N)nc(SCc2cccc(C(=O)O)c2)c(C#N)c1C1CCCCO1. The molecule has 1 aromatic carbocycles. The third-order valence-electron chi connectivity index (χ3n) is 4.48. The predicted molar refractivity (Wildman–Crippen MR) is 105 cm³/mol. The number of nitriles is 1. The summed E-state index contributed by atoms with van der Waals surface area (Å²) in [6, 6.07) is 8.77. The molecule has 0 radical (unpaired) electrons. The van der Waals surface area contributed by atoms with Crippen molar-refractivity contribution in [2.24, 2.45) is 0 Å². The van der Waals surface area contributed by atoms with Gasteiger partial charge in [-0.2, -0.15) is 5.26 Å². The number of carbonyl (C=O) groups is 1. The first-order chi connectivity index (χ1) is 13.5. The van der Waals surface area contributed by atoms with Gasteiger partial charge in [0.2, 0.25) is 5.69 Å². The van der Waals surface area contributed by atoms with E-state index in [9.17, 15) is 10.1 Å². The standard InChI is InChI=1S/C20H18N4O3S/c1-23-17-16(15-7-2-3-8-27-15)14(10-21)19(24-18(17)22)28-11-12-5-4-6-13(9-12)20(25)26/h4-6,9,15H,2-3,7-8,11H2,(H2,22,24)(H,25,26). The van der Waals surface area contributed by atoms with Crippen LogP contribution in [-0.4, -0.2) is 22.7 Å². The highest BCUT2D eigenvalue weighted by atomic mass is 32.2. The molecule has 1 aromatic heterocycles. The molecule has 0 bridgehead atoms. The molecule has 1 atom stereocenters. The monoisotopic (exact) mass is 394 g/mol. The summed E-state index contributed by atoms with van der Waals surface area (Å²) in [5.41, 5.74) is 8.02. The Kier molecular flexibility index (Phi) is 6.15. The van der Waals surface area contributed by atoms with E-state index in [2.05, 4.69) is 15.9 Å². The molecule has 2 heterocycles. The fraction of sp³-hybridized carbons (Fsp3) is 0.300. The minimum atomic E-state index is -0.995. The average Bonchev–Trinajstić information content (AvgIpc) is 2.72. The minimum Gasteiger partial charge on any atom is -0.478 e. The summed E-state index contributed by atoms with van der Waals surface area (Å²) in [5.74, 6) is -0.491. The fourth-order valence-electron chi connectivity index (χ4n) is 3.15. The lowest BCUT2D eigenvalue weighted by Crippen LogP contribution is -2.14. The molecule has 0 amide bonds. The first-order valence-corrected chi connectivity index (χ1v) is 9.71. The van der Waals surface area contributed by atoms with E-state index in [1.54, 1.807) is 12.1 Å². The smallest absolute Gasteiger partial charge is 0.335 e. The van der Waals surface area contributed by atoms with Gasteiger partial charge in [0.25, 0.3) is 0 Å². The lowest BCUT2D eigenvalue weighted by molar-refractivity contribution is 0.0151. The summed E-state index contributed by atoms with van der Waals surface area (Å²) >= 11 is 1.29. The Bertz CT molecular complexity index is 988. The first kappa shape index (κ1) is 19.7. The van der Waals surface area contributed by atoms with E-state index in [1.165, 1.54) is 17.8 Å². The molecule has 0 aliphatic carbocycles. The van der Waals surface area contributed by atoms with Gasteiger partial charge < -0.3 is 15.6 Å². The van der Waals surface area contributed by atoms with Crippen molar-refractivity contribution < 1.29 is 14.6 Å². The summed E-state index contributed by atoms with van der Waals surface area (Å²) in [4.78, 5) is 18.9. The third kappa shape index (κ3) is 4.09. The number of anilines is 1. The van der Waals surface area contributed by atoms with Gasteiger partial charge in [0.1, 0.15) is 16.9 Å². The molecule has 142 valence electrons. The molecule has 1 saturated heterocycles. The number of thioether (sulfide) groups is 1. The van der Waals surface area contributed by atoms with Crippen molar-refractivity contribution in [3.05, 3.63) is 57.9 Å². The molecule has 28 heavy (non-hydrogen) atoms. The Morgan fingerprint density at radius 2 is 2.32 bits per heavy atom. The van der Waals surface area contributed by atoms with E-state index in [4.69, 9.17) is 22.1 Å². The van der Waals surface area contributed by atoms with E-state index in [1.807, 2.05) is 6.07 Å². The second-order valence-corrected chi connectivity index (χ2v) is 7.28. The number of nitrogens with two attached hydrogens (primary N) is 1. The van der Waals surface area contributed by atoms with Crippen LogP contribution < -0.4 is 5.73 Å². The van der Waals surface area contributed by atoms with E-state index in [0.717, 1.165) is 24.8 Å². The van der Waals surface area contributed by atoms with Gasteiger partial charge in [0.05, 0.1) is 23.8 Å². The molecule has 1 unspecified atom stereocenters.